The number of rotatable bonds is 6. The van der Waals surface area contributed by atoms with Crippen LogP contribution in [-0.4, -0.2) is 34.3 Å². The molecule has 0 aliphatic rings. The van der Waals surface area contributed by atoms with E-state index in [2.05, 4.69) is 26.8 Å². The van der Waals surface area contributed by atoms with Crippen molar-refractivity contribution in [3.8, 4) is 0 Å². The maximum Gasteiger partial charge on any atom is 0.203 e. The SMILES string of the molecule is COCC(C)Nc1nccn1Cc1cncs1. The van der Waals surface area contributed by atoms with E-state index in [9.17, 15) is 0 Å². The molecule has 0 bridgehead atoms. The Morgan fingerprint density at radius 2 is 2.47 bits per heavy atom. The first-order valence-electron chi connectivity index (χ1n) is 5.43. The van der Waals surface area contributed by atoms with Gasteiger partial charge in [-0.05, 0) is 6.92 Å². The first kappa shape index (κ1) is 12.1. The molecule has 0 fully saturated rings. The summed E-state index contributed by atoms with van der Waals surface area (Å²) in [6.45, 7) is 3.52. The average molecular weight is 252 g/mol. The molecule has 0 amide bonds. The predicted molar refractivity (Wildman–Crippen MR) is 68.4 cm³/mol. The van der Waals surface area contributed by atoms with Crippen LogP contribution < -0.4 is 5.32 Å². The summed E-state index contributed by atoms with van der Waals surface area (Å²) in [5, 5.41) is 3.31. The Morgan fingerprint density at radius 1 is 1.59 bits per heavy atom. The van der Waals surface area contributed by atoms with Crippen molar-refractivity contribution >= 4 is 17.3 Å². The summed E-state index contributed by atoms with van der Waals surface area (Å²) in [6, 6.07) is 0.239. The molecule has 17 heavy (non-hydrogen) atoms. The molecule has 0 radical (unpaired) electrons. The van der Waals surface area contributed by atoms with Crippen LogP contribution in [0.3, 0.4) is 0 Å². The fourth-order valence-electron chi connectivity index (χ4n) is 1.58. The molecule has 0 aliphatic heterocycles. The third kappa shape index (κ3) is 3.28. The van der Waals surface area contributed by atoms with Crippen LogP contribution >= 0.6 is 11.3 Å². The van der Waals surface area contributed by atoms with Gasteiger partial charge >= 0.3 is 0 Å². The Balaban J connectivity index is 2.01. The van der Waals surface area contributed by atoms with Crippen LogP contribution in [0.15, 0.2) is 24.1 Å². The summed E-state index contributed by atoms with van der Waals surface area (Å²) >= 11 is 1.65. The smallest absolute Gasteiger partial charge is 0.203 e. The Hall–Kier alpha value is -1.40. The molecular weight excluding hydrogens is 236 g/mol. The van der Waals surface area contributed by atoms with Crippen molar-refractivity contribution in [2.24, 2.45) is 0 Å². The number of methoxy groups -OCH3 is 1. The van der Waals surface area contributed by atoms with Gasteiger partial charge in [-0.2, -0.15) is 0 Å². The third-order valence-electron chi connectivity index (χ3n) is 2.32. The van der Waals surface area contributed by atoms with E-state index in [0.717, 1.165) is 12.5 Å². The molecule has 0 aromatic carbocycles. The second-order valence-electron chi connectivity index (χ2n) is 3.85. The number of anilines is 1. The normalized spacial score (nSPS) is 12.6. The van der Waals surface area contributed by atoms with E-state index in [0.29, 0.717) is 6.61 Å². The van der Waals surface area contributed by atoms with Gasteiger partial charge in [-0.3, -0.25) is 4.98 Å². The van der Waals surface area contributed by atoms with Crippen molar-refractivity contribution in [1.82, 2.24) is 14.5 Å². The Morgan fingerprint density at radius 3 is 3.18 bits per heavy atom. The highest BCUT2D eigenvalue weighted by Crippen LogP contribution is 2.13. The standard InChI is InChI=1S/C11H16N4OS/c1-9(7-16-2)14-11-13-3-4-15(11)6-10-5-12-8-17-10/h3-5,8-9H,6-7H2,1-2H3,(H,13,14). The first-order chi connectivity index (χ1) is 8.29. The van der Waals surface area contributed by atoms with Crippen LogP contribution in [0.1, 0.15) is 11.8 Å². The van der Waals surface area contributed by atoms with Crippen molar-refractivity contribution in [3.05, 3.63) is 29.0 Å². The van der Waals surface area contributed by atoms with Crippen molar-refractivity contribution in [2.75, 3.05) is 19.0 Å². The maximum atomic E-state index is 5.09. The van der Waals surface area contributed by atoms with Gasteiger partial charge in [0.1, 0.15) is 0 Å². The van der Waals surface area contributed by atoms with Crippen LogP contribution in [0.5, 0.6) is 0 Å². The van der Waals surface area contributed by atoms with Gasteiger partial charge in [0.05, 0.1) is 18.7 Å². The zero-order valence-corrected chi connectivity index (χ0v) is 10.8. The summed E-state index contributed by atoms with van der Waals surface area (Å²) in [5.41, 5.74) is 1.84. The molecule has 0 aliphatic carbocycles. The van der Waals surface area contributed by atoms with Crippen LogP contribution in [0.4, 0.5) is 5.95 Å². The summed E-state index contributed by atoms with van der Waals surface area (Å²) in [4.78, 5) is 9.58. The minimum Gasteiger partial charge on any atom is -0.383 e. The first-order valence-corrected chi connectivity index (χ1v) is 6.31. The molecule has 2 heterocycles. The summed E-state index contributed by atoms with van der Waals surface area (Å²) < 4.78 is 7.16. The number of hydrogen-bond acceptors (Lipinski definition) is 5. The molecule has 2 rings (SSSR count). The van der Waals surface area contributed by atoms with Crippen molar-refractivity contribution in [1.29, 1.82) is 0 Å². The van der Waals surface area contributed by atoms with E-state index in [4.69, 9.17) is 4.74 Å². The fourth-order valence-corrected chi connectivity index (χ4v) is 2.17. The van der Waals surface area contributed by atoms with E-state index in [1.54, 1.807) is 24.6 Å². The molecule has 1 N–H and O–H groups in total. The number of thiazole rings is 1. The lowest BCUT2D eigenvalue weighted by Gasteiger charge is -2.14. The van der Waals surface area contributed by atoms with Gasteiger partial charge in [0.15, 0.2) is 0 Å². The number of imidazole rings is 1. The van der Waals surface area contributed by atoms with Crippen molar-refractivity contribution in [3.63, 3.8) is 0 Å². The predicted octanol–water partition coefficient (Wildman–Crippen LogP) is 1.83. The molecular formula is C11H16N4OS. The number of hydrogen-bond donors (Lipinski definition) is 1. The quantitative estimate of drug-likeness (QED) is 0.852. The largest absolute Gasteiger partial charge is 0.383 e. The molecule has 0 saturated heterocycles. The molecule has 2 aromatic heterocycles. The monoisotopic (exact) mass is 252 g/mol. The van der Waals surface area contributed by atoms with E-state index in [1.807, 2.05) is 17.9 Å². The second kappa shape index (κ2) is 5.79. The van der Waals surface area contributed by atoms with Gasteiger partial charge in [-0.15, -0.1) is 11.3 Å². The van der Waals surface area contributed by atoms with Crippen LogP contribution in [0.25, 0.3) is 0 Å². The summed E-state index contributed by atoms with van der Waals surface area (Å²) in [7, 11) is 1.70. The van der Waals surface area contributed by atoms with E-state index >= 15 is 0 Å². The molecule has 1 unspecified atom stereocenters. The maximum absolute atomic E-state index is 5.09. The van der Waals surface area contributed by atoms with E-state index in [-0.39, 0.29) is 6.04 Å². The highest BCUT2D eigenvalue weighted by molar-refractivity contribution is 7.09. The molecule has 5 nitrogen and oxygen atoms in total. The number of aromatic nitrogens is 3. The molecule has 2 aromatic rings. The molecule has 0 saturated carbocycles. The molecule has 92 valence electrons. The Kier molecular flexibility index (Phi) is 4.11. The lowest BCUT2D eigenvalue weighted by molar-refractivity contribution is 0.190. The van der Waals surface area contributed by atoms with Gasteiger partial charge in [-0.25, -0.2) is 4.98 Å². The lowest BCUT2D eigenvalue weighted by Crippen LogP contribution is -2.23. The highest BCUT2D eigenvalue weighted by atomic mass is 32.1. The fraction of sp³-hybridized carbons (Fsp3) is 0.455. The van der Waals surface area contributed by atoms with Gasteiger partial charge in [-0.1, -0.05) is 0 Å². The molecule has 6 heteroatoms. The summed E-state index contributed by atoms with van der Waals surface area (Å²) in [5.74, 6) is 0.864. The van der Waals surface area contributed by atoms with Gasteiger partial charge < -0.3 is 14.6 Å². The average Bonchev–Trinajstić information content (AvgIpc) is 2.92. The number of ether oxygens (including phenoxy) is 1. The van der Waals surface area contributed by atoms with E-state index < -0.39 is 0 Å². The minimum atomic E-state index is 0.239. The van der Waals surface area contributed by atoms with E-state index in [1.165, 1.54) is 4.88 Å². The Labute approximate surface area is 104 Å². The lowest BCUT2D eigenvalue weighted by atomic mass is 10.4. The second-order valence-corrected chi connectivity index (χ2v) is 4.82. The van der Waals surface area contributed by atoms with Crippen LogP contribution in [0, 0.1) is 0 Å². The van der Waals surface area contributed by atoms with Gasteiger partial charge in [0.25, 0.3) is 0 Å². The van der Waals surface area contributed by atoms with Crippen molar-refractivity contribution < 1.29 is 4.74 Å². The number of nitrogens with zero attached hydrogens (tertiary/aromatic N) is 3. The van der Waals surface area contributed by atoms with Crippen molar-refractivity contribution in [2.45, 2.75) is 19.5 Å². The molecule has 0 spiro atoms. The molecule has 1 atom stereocenters. The zero-order chi connectivity index (χ0) is 12.1. The van der Waals surface area contributed by atoms with Crippen LogP contribution in [0.2, 0.25) is 0 Å². The van der Waals surface area contributed by atoms with Gasteiger partial charge in [0.2, 0.25) is 5.95 Å². The third-order valence-corrected chi connectivity index (χ3v) is 3.08. The van der Waals surface area contributed by atoms with Gasteiger partial charge in [0, 0.05) is 36.6 Å². The summed E-state index contributed by atoms with van der Waals surface area (Å²) in [6.07, 6.45) is 5.64. The zero-order valence-electron chi connectivity index (χ0n) is 9.96. The topological polar surface area (TPSA) is 52.0 Å². The highest BCUT2D eigenvalue weighted by Gasteiger charge is 2.07. The minimum absolute atomic E-state index is 0.239. The number of nitrogens with one attached hydrogen (secondary N) is 1. The van der Waals surface area contributed by atoms with Crippen LogP contribution in [-0.2, 0) is 11.3 Å². The Bertz CT molecular complexity index is 440.